The number of aliphatic hydroxyl groups is 1. The van der Waals surface area contributed by atoms with Crippen molar-refractivity contribution in [1.29, 1.82) is 0 Å². The maximum Gasteiger partial charge on any atom is 0.311 e. The van der Waals surface area contributed by atoms with Gasteiger partial charge in [-0.3, -0.25) is 14.4 Å². The molecule has 0 aliphatic carbocycles. The molecule has 3 aliphatic heterocycles. The standard InChI is InChI=1S/C29H36N2O5S/c1-5-36-27(35)23-22-26(34)31(21(16-32)14-17(2)3)24(29(22)13-12-28(23,4)37-29)25(33)30-20-11-10-18-8-6-7-9-19(18)15-20/h6-11,15,17,21-24,32H,5,12-14,16H2,1-4H3,(H,30,33)/t21-,22+,23-,24?,28+,29?/m1/s1. The summed E-state index contributed by atoms with van der Waals surface area (Å²) in [4.78, 5) is 43.1. The lowest BCUT2D eigenvalue weighted by atomic mass is 9.66. The number of anilines is 1. The van der Waals surface area contributed by atoms with Crippen LogP contribution in [0.15, 0.2) is 42.5 Å². The van der Waals surface area contributed by atoms with E-state index in [1.165, 1.54) is 0 Å². The van der Waals surface area contributed by atoms with Crippen molar-refractivity contribution in [2.24, 2.45) is 17.8 Å². The van der Waals surface area contributed by atoms with Gasteiger partial charge in [-0.2, -0.15) is 0 Å². The Hall–Kier alpha value is -2.58. The number of nitrogens with one attached hydrogen (secondary N) is 1. The Labute approximate surface area is 222 Å². The minimum Gasteiger partial charge on any atom is -0.466 e. The number of nitrogens with zero attached hydrogens (tertiary/aromatic N) is 1. The predicted molar refractivity (Wildman–Crippen MR) is 145 cm³/mol. The molecule has 1 spiro atoms. The first-order valence-corrected chi connectivity index (χ1v) is 14.1. The van der Waals surface area contributed by atoms with Gasteiger partial charge in [0.2, 0.25) is 11.8 Å². The monoisotopic (exact) mass is 524 g/mol. The fourth-order valence-corrected chi connectivity index (χ4v) is 9.28. The molecule has 3 fully saturated rings. The van der Waals surface area contributed by atoms with Crippen molar-refractivity contribution < 1.29 is 24.2 Å². The summed E-state index contributed by atoms with van der Waals surface area (Å²) in [5.41, 5.74) is 0.658. The quantitative estimate of drug-likeness (QED) is 0.502. The Morgan fingerprint density at radius 3 is 2.59 bits per heavy atom. The summed E-state index contributed by atoms with van der Waals surface area (Å²) in [7, 11) is 0. The number of fused-ring (bicyclic) bond motifs is 2. The molecule has 2 amide bonds. The fraction of sp³-hybridized carbons (Fsp3) is 0.552. The summed E-state index contributed by atoms with van der Waals surface area (Å²) in [6.45, 7) is 7.87. The first-order chi connectivity index (χ1) is 17.6. The van der Waals surface area contributed by atoms with Gasteiger partial charge in [-0.15, -0.1) is 11.8 Å². The molecule has 2 N–H and O–H groups in total. The highest BCUT2D eigenvalue weighted by atomic mass is 32.2. The van der Waals surface area contributed by atoms with E-state index in [1.54, 1.807) is 23.6 Å². The Morgan fingerprint density at radius 2 is 1.92 bits per heavy atom. The average Bonchev–Trinajstić information content (AvgIpc) is 3.43. The lowest BCUT2D eigenvalue weighted by molar-refractivity contribution is -0.155. The van der Waals surface area contributed by atoms with Gasteiger partial charge in [-0.05, 0) is 61.9 Å². The van der Waals surface area contributed by atoms with Crippen molar-refractivity contribution in [3.63, 3.8) is 0 Å². The highest BCUT2D eigenvalue weighted by Crippen LogP contribution is 2.71. The molecule has 8 heteroatoms. The molecule has 0 saturated carbocycles. The molecule has 5 rings (SSSR count). The highest BCUT2D eigenvalue weighted by molar-refractivity contribution is 8.02. The molecule has 2 bridgehead atoms. The average molecular weight is 525 g/mol. The number of rotatable bonds is 8. The normalized spacial score (nSPS) is 31.1. The molecule has 0 radical (unpaired) electrons. The van der Waals surface area contributed by atoms with E-state index in [-0.39, 0.29) is 36.9 Å². The number of esters is 1. The third-order valence-electron chi connectivity index (χ3n) is 8.37. The van der Waals surface area contributed by atoms with Crippen LogP contribution in [0.4, 0.5) is 5.69 Å². The second kappa shape index (κ2) is 9.62. The van der Waals surface area contributed by atoms with Gasteiger partial charge < -0.3 is 20.1 Å². The first-order valence-electron chi connectivity index (χ1n) is 13.2. The van der Waals surface area contributed by atoms with Crippen molar-refractivity contribution in [1.82, 2.24) is 4.90 Å². The number of likely N-dealkylation sites (tertiary alicyclic amines) is 1. The summed E-state index contributed by atoms with van der Waals surface area (Å²) in [6, 6.07) is 12.4. The van der Waals surface area contributed by atoms with Crippen molar-refractivity contribution in [3.05, 3.63) is 42.5 Å². The number of benzene rings is 2. The third-order valence-corrected chi connectivity index (χ3v) is 10.4. The van der Waals surface area contributed by atoms with Crippen molar-refractivity contribution in [2.45, 2.75) is 68.5 Å². The molecular formula is C29H36N2O5S. The molecule has 2 aromatic carbocycles. The highest BCUT2D eigenvalue weighted by Gasteiger charge is 2.78. The van der Waals surface area contributed by atoms with Crippen LogP contribution < -0.4 is 5.32 Å². The van der Waals surface area contributed by atoms with Crippen LogP contribution in [0.1, 0.15) is 47.0 Å². The molecule has 2 aromatic rings. The van der Waals surface area contributed by atoms with E-state index in [0.717, 1.165) is 17.2 Å². The van der Waals surface area contributed by atoms with Crippen LogP contribution in [0.2, 0.25) is 0 Å². The molecule has 3 saturated heterocycles. The van der Waals surface area contributed by atoms with Crippen LogP contribution in [0.3, 0.4) is 0 Å². The maximum absolute atomic E-state index is 14.2. The number of hydrogen-bond acceptors (Lipinski definition) is 6. The first kappa shape index (κ1) is 26.0. The lowest BCUT2D eigenvalue weighted by Gasteiger charge is -2.37. The van der Waals surface area contributed by atoms with E-state index in [1.807, 2.05) is 63.2 Å². The van der Waals surface area contributed by atoms with Crippen molar-refractivity contribution >= 4 is 46.0 Å². The Bertz CT molecular complexity index is 1230. The van der Waals surface area contributed by atoms with Crippen LogP contribution in [-0.4, -0.2) is 62.6 Å². The van der Waals surface area contributed by atoms with Gasteiger partial charge in [-0.1, -0.05) is 44.2 Å². The zero-order chi connectivity index (χ0) is 26.5. The maximum atomic E-state index is 14.2. The van der Waals surface area contributed by atoms with Crippen molar-refractivity contribution in [2.75, 3.05) is 18.5 Å². The second-order valence-corrected chi connectivity index (χ2v) is 13.1. The number of aliphatic hydroxyl groups excluding tert-OH is 1. The summed E-state index contributed by atoms with van der Waals surface area (Å²) in [5.74, 6) is -1.89. The zero-order valence-electron chi connectivity index (χ0n) is 21.9. The molecule has 2 unspecified atom stereocenters. The van der Waals surface area contributed by atoms with Gasteiger partial charge in [-0.25, -0.2) is 0 Å². The molecule has 0 aromatic heterocycles. The molecule has 7 nitrogen and oxygen atoms in total. The Kier molecular flexibility index (Phi) is 6.77. The molecule has 3 aliphatic rings. The molecular weight excluding hydrogens is 488 g/mol. The zero-order valence-corrected chi connectivity index (χ0v) is 22.7. The SMILES string of the molecule is CCOC(=O)[C@H]1[C@H]2C(=O)N([C@@H](CO)CC(C)C)C(C(=O)Nc3ccc4ccccc4c3)C23CC[C@]1(C)S3. The summed E-state index contributed by atoms with van der Waals surface area (Å²) >= 11 is 1.61. The number of hydrogen-bond donors (Lipinski definition) is 2. The summed E-state index contributed by atoms with van der Waals surface area (Å²) in [5, 5.41) is 15.5. The molecule has 6 atom stereocenters. The van der Waals surface area contributed by atoms with E-state index in [9.17, 15) is 19.5 Å². The van der Waals surface area contributed by atoms with Gasteiger partial charge in [0.25, 0.3) is 0 Å². The number of carbonyl (C=O) groups is 3. The molecule has 37 heavy (non-hydrogen) atoms. The van der Waals surface area contributed by atoms with Gasteiger partial charge in [0.1, 0.15) is 6.04 Å². The molecule has 198 valence electrons. The lowest BCUT2D eigenvalue weighted by Crippen LogP contribution is -2.55. The van der Waals surface area contributed by atoms with Crippen LogP contribution in [0, 0.1) is 17.8 Å². The largest absolute Gasteiger partial charge is 0.466 e. The van der Waals surface area contributed by atoms with Crippen LogP contribution >= 0.6 is 11.8 Å². The predicted octanol–water partition coefficient (Wildman–Crippen LogP) is 4.23. The Balaban J connectivity index is 1.56. The van der Waals surface area contributed by atoms with Crippen LogP contribution in [0.25, 0.3) is 10.8 Å². The number of thioether (sulfide) groups is 1. The fourth-order valence-electron chi connectivity index (χ4n) is 6.94. The van der Waals surface area contributed by atoms with E-state index < -0.39 is 33.4 Å². The Morgan fingerprint density at radius 1 is 1.19 bits per heavy atom. The van der Waals surface area contributed by atoms with E-state index in [4.69, 9.17) is 4.74 Å². The third kappa shape index (κ3) is 4.13. The van der Waals surface area contributed by atoms with Crippen molar-refractivity contribution in [3.8, 4) is 0 Å². The summed E-state index contributed by atoms with van der Waals surface area (Å²) in [6.07, 6.45) is 1.95. The van der Waals surface area contributed by atoms with Gasteiger partial charge in [0, 0.05) is 10.4 Å². The van der Waals surface area contributed by atoms with Crippen LogP contribution in [0.5, 0.6) is 0 Å². The van der Waals surface area contributed by atoms with E-state index >= 15 is 0 Å². The minimum absolute atomic E-state index is 0.215. The number of carbonyl (C=O) groups excluding carboxylic acids is 3. The summed E-state index contributed by atoms with van der Waals surface area (Å²) < 4.78 is 4.24. The number of amides is 2. The van der Waals surface area contributed by atoms with E-state index in [0.29, 0.717) is 18.5 Å². The van der Waals surface area contributed by atoms with Gasteiger partial charge in [0.05, 0.1) is 35.8 Å². The topological polar surface area (TPSA) is 95.9 Å². The van der Waals surface area contributed by atoms with Gasteiger partial charge in [0.15, 0.2) is 0 Å². The van der Waals surface area contributed by atoms with Crippen LogP contribution in [-0.2, 0) is 19.1 Å². The smallest absolute Gasteiger partial charge is 0.311 e. The number of ether oxygens (including phenoxy) is 1. The van der Waals surface area contributed by atoms with Gasteiger partial charge >= 0.3 is 5.97 Å². The minimum atomic E-state index is -0.793. The second-order valence-electron chi connectivity index (χ2n) is 11.2. The van der Waals surface area contributed by atoms with E-state index in [2.05, 4.69) is 5.32 Å². The molecule has 3 heterocycles.